The number of rotatable bonds is 6. The van der Waals surface area contributed by atoms with Crippen molar-refractivity contribution in [2.75, 3.05) is 5.32 Å². The fourth-order valence-electron chi connectivity index (χ4n) is 4.02. The van der Waals surface area contributed by atoms with Gasteiger partial charge in [-0.25, -0.2) is 19.5 Å². The van der Waals surface area contributed by atoms with Crippen LogP contribution in [0.2, 0.25) is 0 Å². The molecule has 0 amide bonds. The molecule has 33 heavy (non-hydrogen) atoms. The molecule has 1 aliphatic rings. The molecule has 0 spiro atoms. The van der Waals surface area contributed by atoms with Crippen LogP contribution in [0.4, 0.5) is 11.8 Å². The summed E-state index contributed by atoms with van der Waals surface area (Å²) in [6.45, 7) is 6.27. The number of hydrogen-bond donors (Lipinski definition) is 1. The van der Waals surface area contributed by atoms with Crippen LogP contribution in [0.5, 0.6) is 0 Å². The minimum atomic E-state index is 0.286. The van der Waals surface area contributed by atoms with Crippen molar-refractivity contribution in [2.45, 2.75) is 45.6 Å². The summed E-state index contributed by atoms with van der Waals surface area (Å²) in [5.41, 5.74) is 3.75. The van der Waals surface area contributed by atoms with Crippen molar-refractivity contribution in [1.29, 1.82) is 0 Å². The summed E-state index contributed by atoms with van der Waals surface area (Å²) in [7, 11) is 1.92. The van der Waals surface area contributed by atoms with E-state index in [9.17, 15) is 0 Å². The van der Waals surface area contributed by atoms with E-state index in [1.54, 1.807) is 12.4 Å². The van der Waals surface area contributed by atoms with E-state index in [0.29, 0.717) is 29.4 Å². The fraction of sp³-hybridized carbons (Fsp3) is 0.348. The van der Waals surface area contributed by atoms with Gasteiger partial charge in [0.05, 0.1) is 11.9 Å². The molecule has 5 aromatic heterocycles. The van der Waals surface area contributed by atoms with Crippen molar-refractivity contribution in [3.05, 3.63) is 48.4 Å². The smallest absolute Gasteiger partial charge is 0.300 e. The van der Waals surface area contributed by atoms with Crippen LogP contribution in [0.15, 0.2) is 41.5 Å². The highest BCUT2D eigenvalue weighted by molar-refractivity contribution is 5.83. The molecule has 10 nitrogen and oxygen atoms in total. The SMILES string of the molecule is Cc1c(-c2ccn(C(C)C)n2)cn2nc(-c3nccn3C)nc(Nc3ncc(C4CC4)o3)c12. The lowest BCUT2D eigenvalue weighted by molar-refractivity contribution is 0.523. The second kappa shape index (κ2) is 7.29. The number of fused-ring (bicyclic) bond motifs is 1. The van der Waals surface area contributed by atoms with Crippen LogP contribution >= 0.6 is 0 Å². The summed E-state index contributed by atoms with van der Waals surface area (Å²) < 4.78 is 11.6. The highest BCUT2D eigenvalue weighted by atomic mass is 16.4. The minimum absolute atomic E-state index is 0.286. The molecule has 10 heteroatoms. The minimum Gasteiger partial charge on any atom is -0.428 e. The van der Waals surface area contributed by atoms with Crippen LogP contribution in [0.1, 0.15) is 50.0 Å². The Morgan fingerprint density at radius 3 is 2.70 bits per heavy atom. The molecule has 0 aliphatic heterocycles. The Hall–Kier alpha value is -3.95. The molecule has 5 heterocycles. The first kappa shape index (κ1) is 19.7. The molecular weight excluding hydrogens is 418 g/mol. The van der Waals surface area contributed by atoms with Crippen LogP contribution in [-0.4, -0.2) is 38.9 Å². The first-order valence-electron chi connectivity index (χ1n) is 11.1. The molecule has 0 saturated heterocycles. The molecule has 0 aromatic carbocycles. The van der Waals surface area contributed by atoms with Gasteiger partial charge in [0.25, 0.3) is 0 Å². The molecule has 1 N–H and O–H groups in total. The van der Waals surface area contributed by atoms with Gasteiger partial charge in [-0.3, -0.25) is 10.00 Å². The molecule has 1 fully saturated rings. The number of oxazole rings is 1. The van der Waals surface area contributed by atoms with E-state index in [-0.39, 0.29) is 6.04 Å². The second-order valence-corrected chi connectivity index (χ2v) is 8.85. The van der Waals surface area contributed by atoms with Gasteiger partial charge in [-0.2, -0.15) is 5.10 Å². The van der Waals surface area contributed by atoms with Crippen molar-refractivity contribution >= 4 is 17.3 Å². The molecule has 0 atom stereocenters. The quantitative estimate of drug-likeness (QED) is 0.412. The maximum absolute atomic E-state index is 5.95. The number of aryl methyl sites for hydroxylation is 2. The molecule has 1 saturated carbocycles. The van der Waals surface area contributed by atoms with E-state index in [1.807, 2.05) is 45.5 Å². The zero-order valence-electron chi connectivity index (χ0n) is 19.0. The normalized spacial score (nSPS) is 14.0. The second-order valence-electron chi connectivity index (χ2n) is 8.85. The summed E-state index contributed by atoms with van der Waals surface area (Å²) in [5.74, 6) is 3.18. The largest absolute Gasteiger partial charge is 0.428 e. The van der Waals surface area contributed by atoms with Gasteiger partial charge in [0, 0.05) is 49.4 Å². The maximum atomic E-state index is 5.95. The van der Waals surface area contributed by atoms with Crippen LogP contribution in [0.3, 0.4) is 0 Å². The zero-order valence-corrected chi connectivity index (χ0v) is 19.0. The van der Waals surface area contributed by atoms with Gasteiger partial charge in [-0.15, -0.1) is 5.10 Å². The third kappa shape index (κ3) is 3.38. The van der Waals surface area contributed by atoms with Crippen LogP contribution in [-0.2, 0) is 7.05 Å². The average Bonchev–Trinajstić information content (AvgIpc) is 3.16. The van der Waals surface area contributed by atoms with E-state index in [1.165, 1.54) is 0 Å². The van der Waals surface area contributed by atoms with E-state index in [4.69, 9.17) is 19.6 Å². The molecule has 0 radical (unpaired) electrons. The summed E-state index contributed by atoms with van der Waals surface area (Å²) in [6, 6.07) is 2.74. The number of anilines is 2. The third-order valence-corrected chi connectivity index (χ3v) is 6.05. The lowest BCUT2D eigenvalue weighted by atomic mass is 10.1. The van der Waals surface area contributed by atoms with Crippen molar-refractivity contribution in [3.8, 4) is 22.9 Å². The summed E-state index contributed by atoms with van der Waals surface area (Å²) >= 11 is 0. The number of hydrogen-bond acceptors (Lipinski definition) is 7. The lowest BCUT2D eigenvalue weighted by Crippen LogP contribution is -2.06. The van der Waals surface area contributed by atoms with Crippen LogP contribution < -0.4 is 5.32 Å². The molecule has 168 valence electrons. The Balaban J connectivity index is 1.50. The molecule has 0 unspecified atom stereocenters. The summed E-state index contributed by atoms with van der Waals surface area (Å²) in [5, 5.41) is 12.8. The van der Waals surface area contributed by atoms with Crippen LogP contribution in [0, 0.1) is 6.92 Å². The predicted molar refractivity (Wildman–Crippen MR) is 123 cm³/mol. The predicted octanol–water partition coefficient (Wildman–Crippen LogP) is 4.49. The highest BCUT2D eigenvalue weighted by Gasteiger charge is 2.28. The standard InChI is InChI=1S/C23H25N9O/c1-13(2)31-9-7-17(28-31)16-12-32-19(14(16)3)20(26-21(29-32)22-24-8-10-30(22)4)27-23-25-11-18(33-23)15-5-6-15/h7-13,15H,5-6H2,1-4H3,(H,25,26,27,29). The lowest BCUT2D eigenvalue weighted by Gasteiger charge is -2.08. The van der Waals surface area contributed by atoms with Gasteiger partial charge in [-0.05, 0) is 45.2 Å². The van der Waals surface area contributed by atoms with Crippen molar-refractivity contribution in [3.63, 3.8) is 0 Å². The van der Waals surface area contributed by atoms with Crippen molar-refractivity contribution < 1.29 is 4.42 Å². The molecule has 6 rings (SSSR count). The Kier molecular flexibility index (Phi) is 4.36. The molecule has 0 bridgehead atoms. The maximum Gasteiger partial charge on any atom is 0.300 e. The number of aromatic nitrogens is 8. The average molecular weight is 444 g/mol. The summed E-state index contributed by atoms with van der Waals surface area (Å²) in [4.78, 5) is 13.7. The Morgan fingerprint density at radius 2 is 2.00 bits per heavy atom. The number of nitrogens with one attached hydrogen (secondary N) is 1. The fourth-order valence-corrected chi connectivity index (χ4v) is 4.02. The Labute approximate surface area is 190 Å². The van der Waals surface area contributed by atoms with E-state index >= 15 is 0 Å². The highest BCUT2D eigenvalue weighted by Crippen LogP contribution is 2.41. The van der Waals surface area contributed by atoms with Gasteiger partial charge in [-0.1, -0.05) is 0 Å². The van der Waals surface area contributed by atoms with E-state index in [2.05, 4.69) is 36.1 Å². The first-order valence-corrected chi connectivity index (χ1v) is 11.1. The van der Waals surface area contributed by atoms with Gasteiger partial charge < -0.3 is 8.98 Å². The Morgan fingerprint density at radius 1 is 1.15 bits per heavy atom. The number of nitrogens with zero attached hydrogens (tertiary/aromatic N) is 8. The van der Waals surface area contributed by atoms with Crippen molar-refractivity contribution in [2.24, 2.45) is 7.05 Å². The van der Waals surface area contributed by atoms with E-state index < -0.39 is 0 Å². The monoisotopic (exact) mass is 443 g/mol. The zero-order chi connectivity index (χ0) is 22.7. The van der Waals surface area contributed by atoms with Gasteiger partial charge in [0.2, 0.25) is 5.82 Å². The third-order valence-electron chi connectivity index (χ3n) is 6.05. The summed E-state index contributed by atoms with van der Waals surface area (Å²) in [6.07, 6.45) is 11.7. The van der Waals surface area contributed by atoms with Gasteiger partial charge in [0.1, 0.15) is 11.3 Å². The van der Waals surface area contributed by atoms with Crippen molar-refractivity contribution in [1.82, 2.24) is 38.9 Å². The van der Waals surface area contributed by atoms with E-state index in [0.717, 1.165) is 40.9 Å². The molecule has 5 aromatic rings. The van der Waals surface area contributed by atoms with Crippen LogP contribution in [0.25, 0.3) is 28.4 Å². The number of imidazole rings is 1. The first-order chi connectivity index (χ1) is 16.0. The molecular formula is C23H25N9O. The molecule has 1 aliphatic carbocycles. The topological polar surface area (TPSA) is 104 Å². The Bertz CT molecular complexity index is 1460. The van der Waals surface area contributed by atoms with Gasteiger partial charge >= 0.3 is 6.01 Å². The van der Waals surface area contributed by atoms with Gasteiger partial charge in [0.15, 0.2) is 11.6 Å².